The number of hydrogen-bond donors (Lipinski definition) is 4. The summed E-state index contributed by atoms with van der Waals surface area (Å²) in [5.74, 6) is -1.47. The molecule has 0 amide bonds. The lowest BCUT2D eigenvalue weighted by atomic mass is 9.99. The Kier molecular flexibility index (Phi) is 9.36. The molecule has 2 aromatic rings. The molecular weight excluding hydrogens is 508 g/mol. The van der Waals surface area contributed by atoms with Gasteiger partial charge in [0.15, 0.2) is 23.0 Å². The van der Waals surface area contributed by atoms with Crippen molar-refractivity contribution in [1.29, 1.82) is 0 Å². The molecule has 4 N–H and O–H groups in total. The number of Topliss-reactive ketones (excluding diaryl/α,β-unsaturated/α-hetero) is 2. The predicted molar refractivity (Wildman–Crippen MR) is 129 cm³/mol. The van der Waals surface area contributed by atoms with Gasteiger partial charge in [-0.3, -0.25) is 9.59 Å². The first kappa shape index (κ1) is 28.9. The van der Waals surface area contributed by atoms with E-state index in [-0.39, 0.29) is 45.6 Å². The Labute approximate surface area is 218 Å². The number of methoxy groups -OCH3 is 5. The van der Waals surface area contributed by atoms with Gasteiger partial charge in [-0.2, -0.15) is 0 Å². The molecule has 1 aliphatic heterocycles. The van der Waals surface area contributed by atoms with Crippen LogP contribution in [0, 0.1) is 0 Å². The van der Waals surface area contributed by atoms with Crippen LogP contribution in [0.1, 0.15) is 20.7 Å². The van der Waals surface area contributed by atoms with Crippen LogP contribution < -0.4 is 28.4 Å². The second-order valence-corrected chi connectivity index (χ2v) is 8.10. The Morgan fingerprint density at radius 2 is 1.11 bits per heavy atom. The molecule has 38 heavy (non-hydrogen) atoms. The molecular formula is C25H30O13. The number of aliphatic hydroxyl groups is 4. The minimum Gasteiger partial charge on any atom is -0.493 e. The number of rotatable bonds is 11. The van der Waals surface area contributed by atoms with E-state index in [2.05, 4.69) is 0 Å². The average Bonchev–Trinajstić information content (AvgIpc) is 2.95. The van der Waals surface area contributed by atoms with Gasteiger partial charge in [0.05, 0.1) is 42.2 Å². The van der Waals surface area contributed by atoms with Crippen LogP contribution in [-0.4, -0.2) is 105 Å². The van der Waals surface area contributed by atoms with Crippen LogP contribution in [-0.2, 0) is 4.74 Å². The number of ketones is 2. The van der Waals surface area contributed by atoms with Crippen LogP contribution in [0.5, 0.6) is 34.5 Å². The first-order valence-corrected chi connectivity index (χ1v) is 11.3. The fourth-order valence-corrected chi connectivity index (χ4v) is 3.88. The molecule has 0 aromatic heterocycles. The summed E-state index contributed by atoms with van der Waals surface area (Å²) >= 11 is 0. The lowest BCUT2D eigenvalue weighted by molar-refractivity contribution is -0.277. The minimum absolute atomic E-state index is 0.0240. The molecule has 1 saturated heterocycles. The minimum atomic E-state index is -1.70. The van der Waals surface area contributed by atoms with Crippen LogP contribution in [0.3, 0.4) is 0 Å². The summed E-state index contributed by atoms with van der Waals surface area (Å²) in [5.41, 5.74) is -0.136. The van der Waals surface area contributed by atoms with Crippen molar-refractivity contribution in [3.8, 4) is 34.5 Å². The van der Waals surface area contributed by atoms with E-state index in [9.17, 15) is 30.0 Å². The summed E-state index contributed by atoms with van der Waals surface area (Å²) in [6, 6.07) is 5.12. The number of aliphatic hydroxyl groups excluding tert-OH is 4. The molecule has 208 valence electrons. The SMILES string of the molecule is COc1cc(C(=O)C(=O)c2cc(OC)c(O[C@@H]3O[C@H](CO)[C@@H](O)[C@H](O)[C@H]3O)c(OC)c2)cc(OC)c1OC. The normalized spacial score (nSPS) is 22.8. The van der Waals surface area contributed by atoms with Crippen molar-refractivity contribution in [2.75, 3.05) is 42.2 Å². The Morgan fingerprint density at radius 3 is 1.47 bits per heavy atom. The molecule has 1 heterocycles. The van der Waals surface area contributed by atoms with Gasteiger partial charge >= 0.3 is 0 Å². The number of carbonyl (C=O) groups excluding carboxylic acids is 2. The molecule has 0 radical (unpaired) electrons. The Morgan fingerprint density at radius 1 is 0.684 bits per heavy atom. The van der Waals surface area contributed by atoms with Gasteiger partial charge in [-0.1, -0.05) is 0 Å². The molecule has 0 spiro atoms. The van der Waals surface area contributed by atoms with Gasteiger partial charge in [0.1, 0.15) is 24.4 Å². The van der Waals surface area contributed by atoms with Crippen molar-refractivity contribution < 1.29 is 63.2 Å². The van der Waals surface area contributed by atoms with E-state index in [0.29, 0.717) is 0 Å². The predicted octanol–water partition coefficient (Wildman–Crippen LogP) is -0.0261. The van der Waals surface area contributed by atoms with E-state index in [1.54, 1.807) is 0 Å². The maximum atomic E-state index is 13.2. The van der Waals surface area contributed by atoms with Crippen molar-refractivity contribution in [3.63, 3.8) is 0 Å². The van der Waals surface area contributed by atoms with Crippen LogP contribution in [0.4, 0.5) is 0 Å². The van der Waals surface area contributed by atoms with Crippen LogP contribution in [0.15, 0.2) is 24.3 Å². The number of ether oxygens (including phenoxy) is 7. The average molecular weight is 539 g/mol. The smallest absolute Gasteiger partial charge is 0.233 e. The Bertz CT molecular complexity index is 1110. The zero-order valence-electron chi connectivity index (χ0n) is 21.4. The van der Waals surface area contributed by atoms with E-state index >= 15 is 0 Å². The van der Waals surface area contributed by atoms with Crippen molar-refractivity contribution in [2.45, 2.75) is 30.7 Å². The zero-order valence-corrected chi connectivity index (χ0v) is 21.4. The molecule has 2 aromatic carbocycles. The van der Waals surface area contributed by atoms with Crippen LogP contribution >= 0.6 is 0 Å². The third-order valence-electron chi connectivity index (χ3n) is 5.94. The van der Waals surface area contributed by atoms with Crippen molar-refractivity contribution in [3.05, 3.63) is 35.4 Å². The Hall–Kier alpha value is -3.62. The molecule has 3 rings (SSSR count). The van der Waals surface area contributed by atoms with Gasteiger partial charge < -0.3 is 53.6 Å². The fraction of sp³-hybridized carbons (Fsp3) is 0.440. The Balaban J connectivity index is 1.97. The summed E-state index contributed by atoms with van der Waals surface area (Å²) in [5, 5.41) is 39.8. The van der Waals surface area contributed by atoms with Gasteiger partial charge in [0.2, 0.25) is 29.4 Å². The lowest BCUT2D eigenvalue weighted by Crippen LogP contribution is -2.60. The summed E-state index contributed by atoms with van der Waals surface area (Å²) in [4.78, 5) is 26.3. The summed E-state index contributed by atoms with van der Waals surface area (Å²) in [7, 11) is 6.68. The van der Waals surface area contributed by atoms with Crippen molar-refractivity contribution in [1.82, 2.24) is 0 Å². The standard InChI is InChI=1S/C25H30O13/c1-32-13-6-11(7-14(33-2)23(13)36-5)18(27)19(28)12-8-15(34-3)24(16(9-12)35-4)38-25-22(31)21(30)20(29)17(10-26)37-25/h6-9,17,20-22,25-26,29-31H,10H2,1-5H3/t17-,20-,21+,22-,25+/m1/s1. The van der Waals surface area contributed by atoms with E-state index in [4.69, 9.17) is 33.2 Å². The van der Waals surface area contributed by atoms with Crippen LogP contribution in [0.2, 0.25) is 0 Å². The van der Waals surface area contributed by atoms with Crippen molar-refractivity contribution >= 4 is 11.6 Å². The maximum absolute atomic E-state index is 13.2. The van der Waals surface area contributed by atoms with Gasteiger partial charge in [-0.15, -0.1) is 0 Å². The van der Waals surface area contributed by atoms with Crippen molar-refractivity contribution in [2.24, 2.45) is 0 Å². The second-order valence-electron chi connectivity index (χ2n) is 8.10. The largest absolute Gasteiger partial charge is 0.493 e. The monoisotopic (exact) mass is 538 g/mol. The van der Waals surface area contributed by atoms with Crippen LogP contribution in [0.25, 0.3) is 0 Å². The highest BCUT2D eigenvalue weighted by molar-refractivity contribution is 6.49. The summed E-state index contributed by atoms with van der Waals surface area (Å²) in [6.07, 6.45) is -7.73. The molecule has 0 bridgehead atoms. The van der Waals surface area contributed by atoms with E-state index < -0.39 is 48.9 Å². The third kappa shape index (κ3) is 5.47. The fourth-order valence-electron chi connectivity index (χ4n) is 3.88. The topological polar surface area (TPSA) is 180 Å². The van der Waals surface area contributed by atoms with Gasteiger partial charge in [-0.25, -0.2) is 0 Å². The molecule has 0 saturated carbocycles. The van der Waals surface area contributed by atoms with E-state index in [1.165, 1.54) is 59.8 Å². The molecule has 0 aliphatic carbocycles. The molecule has 13 heteroatoms. The van der Waals surface area contributed by atoms with Gasteiger partial charge in [-0.05, 0) is 24.3 Å². The highest BCUT2D eigenvalue weighted by atomic mass is 16.7. The second kappa shape index (κ2) is 12.3. The third-order valence-corrected chi connectivity index (χ3v) is 5.94. The quantitative estimate of drug-likeness (QED) is 0.222. The molecule has 13 nitrogen and oxygen atoms in total. The highest BCUT2D eigenvalue weighted by Gasteiger charge is 2.45. The first-order valence-electron chi connectivity index (χ1n) is 11.3. The number of carbonyl (C=O) groups is 2. The molecule has 5 atom stereocenters. The lowest BCUT2D eigenvalue weighted by Gasteiger charge is -2.39. The van der Waals surface area contributed by atoms with E-state index in [0.717, 1.165) is 0 Å². The number of benzene rings is 2. The highest BCUT2D eigenvalue weighted by Crippen LogP contribution is 2.42. The van der Waals surface area contributed by atoms with Gasteiger partial charge in [0.25, 0.3) is 0 Å². The maximum Gasteiger partial charge on any atom is 0.233 e. The first-order chi connectivity index (χ1) is 18.1. The molecule has 1 aliphatic rings. The molecule has 0 unspecified atom stereocenters. The van der Waals surface area contributed by atoms with E-state index in [1.807, 2.05) is 0 Å². The molecule has 1 fully saturated rings. The summed E-state index contributed by atoms with van der Waals surface area (Å²) < 4.78 is 37.4. The summed E-state index contributed by atoms with van der Waals surface area (Å²) in [6.45, 7) is -0.657. The van der Waals surface area contributed by atoms with Gasteiger partial charge in [0, 0.05) is 11.1 Å². The zero-order chi connectivity index (χ0) is 28.1. The number of hydrogen-bond acceptors (Lipinski definition) is 13.